The van der Waals surface area contributed by atoms with Gasteiger partial charge in [-0.2, -0.15) is 0 Å². The summed E-state index contributed by atoms with van der Waals surface area (Å²) in [6, 6.07) is 3.82. The zero-order valence-corrected chi connectivity index (χ0v) is 10.3. The van der Waals surface area contributed by atoms with E-state index in [2.05, 4.69) is 30.6 Å². The molecule has 0 unspecified atom stereocenters. The lowest BCUT2D eigenvalue weighted by molar-refractivity contribution is 0.569. The molecule has 0 aliphatic carbocycles. The quantitative estimate of drug-likeness (QED) is 0.688. The molecule has 19 heavy (non-hydrogen) atoms. The molecule has 1 N–H and O–H groups in total. The van der Waals surface area contributed by atoms with E-state index in [1.807, 2.05) is 18.3 Å². The minimum atomic E-state index is 0.656. The number of anilines is 1. The molecule has 96 valence electrons. The van der Waals surface area contributed by atoms with E-state index in [0.717, 1.165) is 30.8 Å². The third-order valence-electron chi connectivity index (χ3n) is 2.67. The molecule has 3 heterocycles. The lowest BCUT2D eigenvalue weighted by atomic mass is 10.3. The lowest BCUT2D eigenvalue weighted by Gasteiger charge is -2.05. The fourth-order valence-electron chi connectivity index (χ4n) is 1.76. The van der Waals surface area contributed by atoms with Crippen LogP contribution in [0.3, 0.4) is 0 Å². The largest absolute Gasteiger partial charge is 0.370 e. The predicted octanol–water partition coefficient (Wildman–Crippen LogP) is 1.12. The molecule has 3 aromatic heterocycles. The number of rotatable bonds is 5. The van der Waals surface area contributed by atoms with Gasteiger partial charge < -0.3 is 5.32 Å². The molecule has 3 rings (SSSR count). The lowest BCUT2D eigenvalue weighted by Crippen LogP contribution is -2.08. The van der Waals surface area contributed by atoms with Gasteiger partial charge in [0.05, 0.1) is 6.20 Å². The Morgan fingerprint density at radius 1 is 1.11 bits per heavy atom. The van der Waals surface area contributed by atoms with Gasteiger partial charge in [-0.05, 0) is 18.6 Å². The van der Waals surface area contributed by atoms with Crippen LogP contribution in [-0.2, 0) is 6.54 Å². The van der Waals surface area contributed by atoms with Crippen molar-refractivity contribution in [1.29, 1.82) is 0 Å². The van der Waals surface area contributed by atoms with Crippen LogP contribution >= 0.6 is 0 Å². The molecular weight excluding hydrogens is 242 g/mol. The highest BCUT2D eigenvalue weighted by Gasteiger charge is 1.99. The number of nitrogens with zero attached hydrogens (tertiary/aromatic N) is 6. The van der Waals surface area contributed by atoms with Gasteiger partial charge in [-0.25, -0.2) is 9.97 Å². The fourth-order valence-corrected chi connectivity index (χ4v) is 1.76. The molecule has 3 aromatic rings. The van der Waals surface area contributed by atoms with E-state index in [0.29, 0.717) is 5.65 Å². The van der Waals surface area contributed by atoms with Gasteiger partial charge >= 0.3 is 0 Å². The topological polar surface area (TPSA) is 81.4 Å². The second-order valence-electron chi connectivity index (χ2n) is 4.04. The number of nitrogens with one attached hydrogen (secondary N) is 1. The smallest absolute Gasteiger partial charge is 0.180 e. The summed E-state index contributed by atoms with van der Waals surface area (Å²) in [7, 11) is 0. The number of hydrogen-bond donors (Lipinski definition) is 1. The molecule has 0 atom stereocenters. The molecule has 0 aromatic carbocycles. The Balaban J connectivity index is 1.56. The maximum Gasteiger partial charge on any atom is 0.180 e. The Morgan fingerprint density at radius 2 is 2.05 bits per heavy atom. The van der Waals surface area contributed by atoms with Gasteiger partial charge in [0, 0.05) is 31.7 Å². The Kier molecular flexibility index (Phi) is 3.26. The van der Waals surface area contributed by atoms with E-state index < -0.39 is 0 Å². The molecule has 0 spiro atoms. The Bertz CT molecular complexity index is 650. The monoisotopic (exact) mass is 255 g/mol. The molecular formula is C12H13N7. The van der Waals surface area contributed by atoms with Crippen LogP contribution in [-0.4, -0.2) is 36.5 Å². The summed E-state index contributed by atoms with van der Waals surface area (Å²) in [6.07, 6.45) is 7.78. The van der Waals surface area contributed by atoms with Crippen LogP contribution in [0, 0.1) is 0 Å². The van der Waals surface area contributed by atoms with E-state index in [1.165, 1.54) is 0 Å². The van der Waals surface area contributed by atoms with Crippen molar-refractivity contribution in [3.8, 4) is 0 Å². The first-order valence-electron chi connectivity index (χ1n) is 6.07. The predicted molar refractivity (Wildman–Crippen MR) is 70.5 cm³/mol. The molecule has 0 fully saturated rings. The van der Waals surface area contributed by atoms with Crippen LogP contribution in [0.25, 0.3) is 11.2 Å². The van der Waals surface area contributed by atoms with Crippen LogP contribution in [0.2, 0.25) is 0 Å². The second kappa shape index (κ2) is 5.38. The standard InChI is InChI=1S/C12H13N7/c1(8-19-9-7-16-18-19)4-14-11-3-2-10-12(17-11)15-6-5-13-10/h2-3,5-7,9H,1,4,8H2,(H,14,15,17). The summed E-state index contributed by atoms with van der Waals surface area (Å²) >= 11 is 0. The molecule has 7 nitrogen and oxygen atoms in total. The first-order valence-corrected chi connectivity index (χ1v) is 6.07. The van der Waals surface area contributed by atoms with Gasteiger partial charge in [0.15, 0.2) is 5.65 Å². The molecule has 0 radical (unpaired) electrons. The van der Waals surface area contributed by atoms with Gasteiger partial charge in [0.25, 0.3) is 0 Å². The van der Waals surface area contributed by atoms with Gasteiger partial charge in [-0.1, -0.05) is 5.21 Å². The average Bonchev–Trinajstić information content (AvgIpc) is 2.97. The van der Waals surface area contributed by atoms with Gasteiger partial charge in [-0.15, -0.1) is 5.10 Å². The molecule has 0 bridgehead atoms. The van der Waals surface area contributed by atoms with Crippen molar-refractivity contribution >= 4 is 17.0 Å². The third-order valence-corrected chi connectivity index (χ3v) is 2.67. The first kappa shape index (κ1) is 11.5. The van der Waals surface area contributed by atoms with E-state index in [1.54, 1.807) is 23.3 Å². The molecule has 0 aliphatic heterocycles. The van der Waals surface area contributed by atoms with Crippen molar-refractivity contribution in [2.45, 2.75) is 13.0 Å². The summed E-state index contributed by atoms with van der Waals surface area (Å²) < 4.78 is 1.81. The number of pyridine rings is 1. The summed E-state index contributed by atoms with van der Waals surface area (Å²) in [4.78, 5) is 12.7. The van der Waals surface area contributed by atoms with Crippen LogP contribution in [0.4, 0.5) is 5.82 Å². The minimum Gasteiger partial charge on any atom is -0.370 e. The van der Waals surface area contributed by atoms with Crippen LogP contribution in [0.5, 0.6) is 0 Å². The van der Waals surface area contributed by atoms with E-state index in [4.69, 9.17) is 0 Å². The summed E-state index contributed by atoms with van der Waals surface area (Å²) in [5, 5.41) is 10.9. The SMILES string of the molecule is c1cn(CCCNc2ccc3nccnc3n2)nn1. The van der Waals surface area contributed by atoms with E-state index in [9.17, 15) is 0 Å². The molecule has 0 amide bonds. The summed E-state index contributed by atoms with van der Waals surface area (Å²) in [6.45, 7) is 1.65. The van der Waals surface area contributed by atoms with Gasteiger partial charge in [0.1, 0.15) is 11.3 Å². The first-order chi connectivity index (χ1) is 9.42. The number of aromatic nitrogens is 6. The molecule has 7 heteroatoms. The van der Waals surface area contributed by atoms with Gasteiger partial charge in [0.2, 0.25) is 0 Å². The summed E-state index contributed by atoms with van der Waals surface area (Å²) in [5.41, 5.74) is 1.46. The van der Waals surface area contributed by atoms with Crippen molar-refractivity contribution in [3.63, 3.8) is 0 Å². The molecule has 0 saturated heterocycles. The minimum absolute atomic E-state index is 0.656. The van der Waals surface area contributed by atoms with Crippen LogP contribution < -0.4 is 5.32 Å². The number of aryl methyl sites for hydroxylation is 1. The molecule has 0 saturated carbocycles. The van der Waals surface area contributed by atoms with Crippen molar-refractivity contribution in [3.05, 3.63) is 36.9 Å². The maximum atomic E-state index is 4.39. The second-order valence-corrected chi connectivity index (χ2v) is 4.04. The zero-order chi connectivity index (χ0) is 12.9. The van der Waals surface area contributed by atoms with Crippen molar-refractivity contribution < 1.29 is 0 Å². The molecule has 0 aliphatic rings. The Labute approximate surface area is 109 Å². The highest BCUT2D eigenvalue weighted by atomic mass is 15.4. The van der Waals surface area contributed by atoms with E-state index in [-0.39, 0.29) is 0 Å². The van der Waals surface area contributed by atoms with Gasteiger partial charge in [-0.3, -0.25) is 9.67 Å². The normalized spacial score (nSPS) is 10.7. The summed E-state index contributed by atoms with van der Waals surface area (Å²) in [5.74, 6) is 0.812. The Morgan fingerprint density at radius 3 is 2.95 bits per heavy atom. The highest BCUT2D eigenvalue weighted by molar-refractivity contribution is 5.71. The average molecular weight is 255 g/mol. The van der Waals surface area contributed by atoms with Crippen molar-refractivity contribution in [2.75, 3.05) is 11.9 Å². The highest BCUT2D eigenvalue weighted by Crippen LogP contribution is 2.09. The number of hydrogen-bond acceptors (Lipinski definition) is 6. The van der Waals surface area contributed by atoms with Crippen LogP contribution in [0.1, 0.15) is 6.42 Å². The van der Waals surface area contributed by atoms with Crippen LogP contribution in [0.15, 0.2) is 36.9 Å². The Hall–Kier alpha value is -2.57. The van der Waals surface area contributed by atoms with Crippen molar-refractivity contribution in [1.82, 2.24) is 29.9 Å². The maximum absolute atomic E-state index is 4.39. The van der Waals surface area contributed by atoms with Crippen molar-refractivity contribution in [2.24, 2.45) is 0 Å². The van der Waals surface area contributed by atoms with E-state index >= 15 is 0 Å². The third kappa shape index (κ3) is 2.82. The zero-order valence-electron chi connectivity index (χ0n) is 10.3. The fraction of sp³-hybridized carbons (Fsp3) is 0.250. The number of fused-ring (bicyclic) bond motifs is 1.